The van der Waals surface area contributed by atoms with Gasteiger partial charge in [-0.15, -0.1) is 0 Å². The third-order valence-electron chi connectivity index (χ3n) is 3.94. The largest absolute Gasteiger partial charge is 0.327 e. The van der Waals surface area contributed by atoms with Gasteiger partial charge in [0.25, 0.3) is 0 Å². The molecule has 0 saturated heterocycles. The van der Waals surface area contributed by atoms with E-state index in [1.807, 2.05) is 0 Å². The fourth-order valence-electron chi connectivity index (χ4n) is 2.98. The Kier molecular flexibility index (Phi) is 2.59. The van der Waals surface area contributed by atoms with Crippen LogP contribution in [0.15, 0.2) is 12.1 Å². The molecule has 1 aliphatic carbocycles. The highest BCUT2D eigenvalue weighted by Crippen LogP contribution is 2.43. The Morgan fingerprint density at radius 3 is 2.07 bits per heavy atom. The summed E-state index contributed by atoms with van der Waals surface area (Å²) in [6, 6.07) is 4.99. The highest BCUT2D eigenvalue weighted by molar-refractivity contribution is 5.41. The number of hydrogen-bond acceptors (Lipinski definition) is 1. The van der Waals surface area contributed by atoms with Gasteiger partial charge in [0.15, 0.2) is 0 Å². The van der Waals surface area contributed by atoms with Crippen LogP contribution in [-0.4, -0.2) is 6.04 Å². The zero-order valence-corrected chi connectivity index (χ0v) is 10.2. The van der Waals surface area contributed by atoms with E-state index in [0.717, 1.165) is 6.42 Å². The molecule has 1 saturated carbocycles. The van der Waals surface area contributed by atoms with Crippen LogP contribution in [-0.2, 0) is 0 Å². The van der Waals surface area contributed by atoms with E-state index < -0.39 is 0 Å². The molecule has 1 nitrogen and oxygen atoms in total. The van der Waals surface area contributed by atoms with Gasteiger partial charge in [-0.1, -0.05) is 24.6 Å². The molecule has 3 unspecified atom stereocenters. The summed E-state index contributed by atoms with van der Waals surface area (Å²) in [6.07, 6.45) is 1.16. The first-order chi connectivity index (χ1) is 7.00. The fourth-order valence-corrected chi connectivity index (χ4v) is 2.98. The Bertz CT molecular complexity index is 358. The molecule has 1 fully saturated rings. The zero-order chi connectivity index (χ0) is 11.2. The van der Waals surface area contributed by atoms with E-state index in [4.69, 9.17) is 5.73 Å². The van der Waals surface area contributed by atoms with Crippen LogP contribution in [0, 0.1) is 26.7 Å². The van der Waals surface area contributed by atoms with Crippen molar-refractivity contribution in [3.05, 3.63) is 34.4 Å². The molecule has 1 aromatic carbocycles. The molecule has 0 aliphatic heterocycles. The molecule has 0 spiro atoms. The first kappa shape index (κ1) is 10.7. The lowest BCUT2D eigenvalue weighted by molar-refractivity contribution is 0.225. The first-order valence-electron chi connectivity index (χ1n) is 5.84. The van der Waals surface area contributed by atoms with Crippen LogP contribution < -0.4 is 5.73 Å². The SMILES string of the molecule is Cc1cc(C)c(C2CC(N)C2C)c(C)c1. The topological polar surface area (TPSA) is 26.0 Å². The number of nitrogens with two attached hydrogens (primary N) is 1. The minimum atomic E-state index is 0.412. The van der Waals surface area contributed by atoms with Crippen molar-refractivity contribution in [3.8, 4) is 0 Å². The van der Waals surface area contributed by atoms with Crippen molar-refractivity contribution in [1.29, 1.82) is 0 Å². The standard InChI is InChI=1S/C14H21N/c1-8-5-9(2)14(10(3)6-8)12-7-13(15)11(12)4/h5-6,11-13H,7,15H2,1-4H3. The van der Waals surface area contributed by atoms with Gasteiger partial charge in [0.2, 0.25) is 0 Å². The van der Waals surface area contributed by atoms with Crippen LogP contribution in [0.1, 0.15) is 41.5 Å². The normalized spacial score (nSPS) is 30.1. The van der Waals surface area contributed by atoms with E-state index in [-0.39, 0.29) is 0 Å². The maximum absolute atomic E-state index is 5.98. The molecule has 0 bridgehead atoms. The summed E-state index contributed by atoms with van der Waals surface area (Å²) >= 11 is 0. The van der Waals surface area contributed by atoms with Crippen molar-refractivity contribution >= 4 is 0 Å². The number of hydrogen-bond donors (Lipinski definition) is 1. The first-order valence-corrected chi connectivity index (χ1v) is 5.84. The maximum atomic E-state index is 5.98. The Morgan fingerprint density at radius 2 is 1.67 bits per heavy atom. The van der Waals surface area contributed by atoms with Crippen molar-refractivity contribution in [2.45, 2.75) is 46.1 Å². The molecule has 1 aliphatic rings. The van der Waals surface area contributed by atoms with E-state index in [2.05, 4.69) is 39.8 Å². The van der Waals surface area contributed by atoms with Gasteiger partial charge in [0.1, 0.15) is 0 Å². The lowest BCUT2D eigenvalue weighted by Gasteiger charge is -2.42. The summed E-state index contributed by atoms with van der Waals surface area (Å²) in [7, 11) is 0. The van der Waals surface area contributed by atoms with E-state index in [1.165, 1.54) is 16.7 Å². The molecule has 3 atom stereocenters. The van der Waals surface area contributed by atoms with Crippen LogP contribution in [0.25, 0.3) is 0 Å². The van der Waals surface area contributed by atoms with Crippen LogP contribution >= 0.6 is 0 Å². The number of benzene rings is 1. The van der Waals surface area contributed by atoms with Gasteiger partial charge in [-0.25, -0.2) is 0 Å². The van der Waals surface area contributed by atoms with Gasteiger partial charge >= 0.3 is 0 Å². The summed E-state index contributed by atoms with van der Waals surface area (Å²) < 4.78 is 0. The second kappa shape index (κ2) is 3.64. The van der Waals surface area contributed by atoms with Crippen molar-refractivity contribution in [2.75, 3.05) is 0 Å². The van der Waals surface area contributed by atoms with Gasteiger partial charge in [0, 0.05) is 6.04 Å². The summed E-state index contributed by atoms with van der Waals surface area (Å²) in [5.41, 5.74) is 11.8. The maximum Gasteiger partial charge on any atom is 0.00763 e. The van der Waals surface area contributed by atoms with Crippen molar-refractivity contribution in [1.82, 2.24) is 0 Å². The van der Waals surface area contributed by atoms with Gasteiger partial charge in [-0.2, -0.15) is 0 Å². The highest BCUT2D eigenvalue weighted by atomic mass is 14.7. The van der Waals surface area contributed by atoms with Gasteiger partial charge in [-0.3, -0.25) is 0 Å². The van der Waals surface area contributed by atoms with Crippen molar-refractivity contribution in [3.63, 3.8) is 0 Å². The molecule has 0 radical (unpaired) electrons. The van der Waals surface area contributed by atoms with E-state index in [1.54, 1.807) is 5.56 Å². The van der Waals surface area contributed by atoms with Gasteiger partial charge in [-0.05, 0) is 55.7 Å². The average Bonchev–Trinajstić information content (AvgIpc) is 2.15. The quantitative estimate of drug-likeness (QED) is 0.746. The average molecular weight is 203 g/mol. The molecule has 1 aromatic rings. The Balaban J connectivity index is 2.37. The number of aryl methyl sites for hydroxylation is 3. The van der Waals surface area contributed by atoms with Crippen LogP contribution in [0.3, 0.4) is 0 Å². The van der Waals surface area contributed by atoms with E-state index in [9.17, 15) is 0 Å². The third-order valence-corrected chi connectivity index (χ3v) is 3.94. The lowest BCUT2D eigenvalue weighted by atomic mass is 9.65. The van der Waals surface area contributed by atoms with E-state index in [0.29, 0.717) is 17.9 Å². The second-order valence-corrected chi connectivity index (χ2v) is 5.18. The summed E-state index contributed by atoms with van der Waals surface area (Å²) in [6.45, 7) is 8.90. The minimum absolute atomic E-state index is 0.412. The molecule has 1 heteroatoms. The third kappa shape index (κ3) is 1.69. The minimum Gasteiger partial charge on any atom is -0.327 e. The summed E-state index contributed by atoms with van der Waals surface area (Å²) in [5.74, 6) is 1.34. The fraction of sp³-hybridized carbons (Fsp3) is 0.571. The molecule has 2 rings (SSSR count). The predicted octanol–water partition coefficient (Wildman–Crippen LogP) is 3.06. The van der Waals surface area contributed by atoms with Gasteiger partial charge < -0.3 is 5.73 Å². The highest BCUT2D eigenvalue weighted by Gasteiger charge is 2.37. The Labute approximate surface area is 92.7 Å². The summed E-state index contributed by atoms with van der Waals surface area (Å²) in [5, 5.41) is 0. The monoisotopic (exact) mass is 203 g/mol. The molecule has 0 heterocycles. The lowest BCUT2D eigenvalue weighted by Crippen LogP contribution is -2.44. The van der Waals surface area contributed by atoms with Crippen LogP contribution in [0.4, 0.5) is 0 Å². The van der Waals surface area contributed by atoms with Crippen molar-refractivity contribution < 1.29 is 0 Å². The predicted molar refractivity (Wildman–Crippen MR) is 65.2 cm³/mol. The zero-order valence-electron chi connectivity index (χ0n) is 10.2. The van der Waals surface area contributed by atoms with Crippen molar-refractivity contribution in [2.24, 2.45) is 11.7 Å². The molecule has 15 heavy (non-hydrogen) atoms. The number of rotatable bonds is 1. The molecule has 2 N–H and O–H groups in total. The second-order valence-electron chi connectivity index (χ2n) is 5.18. The smallest absolute Gasteiger partial charge is 0.00763 e. The molecule has 0 amide bonds. The molecule has 0 aromatic heterocycles. The Hall–Kier alpha value is -0.820. The van der Waals surface area contributed by atoms with Crippen LogP contribution in [0.5, 0.6) is 0 Å². The van der Waals surface area contributed by atoms with Gasteiger partial charge in [0.05, 0.1) is 0 Å². The molecular weight excluding hydrogens is 182 g/mol. The summed E-state index contributed by atoms with van der Waals surface area (Å²) in [4.78, 5) is 0. The molecular formula is C14H21N. The Morgan fingerprint density at radius 1 is 1.13 bits per heavy atom. The van der Waals surface area contributed by atoms with Crippen LogP contribution in [0.2, 0.25) is 0 Å². The molecule has 82 valence electrons. The van der Waals surface area contributed by atoms with E-state index >= 15 is 0 Å².